The van der Waals surface area contributed by atoms with Gasteiger partial charge in [0.05, 0.1) is 16.9 Å². The Kier molecular flexibility index (Phi) is 4.06. The average Bonchev–Trinajstić information content (AvgIpc) is 2.46. The summed E-state index contributed by atoms with van der Waals surface area (Å²) >= 11 is 0. The first-order chi connectivity index (χ1) is 9.76. The summed E-state index contributed by atoms with van der Waals surface area (Å²) in [6.45, 7) is 0. The van der Waals surface area contributed by atoms with Gasteiger partial charge in [0.2, 0.25) is 9.84 Å². The molecule has 112 valence electrons. The van der Waals surface area contributed by atoms with Crippen LogP contribution in [0.3, 0.4) is 0 Å². The topological polar surface area (TPSA) is 77.5 Å². The normalized spacial score (nSPS) is 12.1. The molecule has 2 aromatic rings. The molecule has 21 heavy (non-hydrogen) atoms. The van der Waals surface area contributed by atoms with Gasteiger partial charge in [-0.15, -0.1) is 0 Å². The van der Waals surface area contributed by atoms with Gasteiger partial charge in [0.15, 0.2) is 9.84 Å². The van der Waals surface area contributed by atoms with Crippen LogP contribution < -0.4 is 4.74 Å². The largest absolute Gasteiger partial charge is 0.495 e. The zero-order valence-electron chi connectivity index (χ0n) is 11.5. The maximum Gasteiger partial charge on any atom is 0.210 e. The van der Waals surface area contributed by atoms with Gasteiger partial charge in [0, 0.05) is 12.3 Å². The lowest BCUT2D eigenvalue weighted by Crippen LogP contribution is -2.06. The Morgan fingerprint density at radius 3 is 2.00 bits per heavy atom. The van der Waals surface area contributed by atoms with E-state index < -0.39 is 19.7 Å². The molecule has 0 saturated heterocycles. The van der Waals surface area contributed by atoms with Crippen LogP contribution in [0.4, 0.5) is 0 Å². The maximum atomic E-state index is 12.5. The van der Waals surface area contributed by atoms with Crippen LogP contribution >= 0.6 is 0 Å². The van der Waals surface area contributed by atoms with Crippen LogP contribution in [0.5, 0.6) is 5.75 Å². The molecule has 0 unspecified atom stereocenters. The zero-order valence-corrected chi connectivity index (χ0v) is 13.1. The van der Waals surface area contributed by atoms with Crippen molar-refractivity contribution in [3.8, 4) is 5.75 Å². The number of ether oxygens (including phenoxy) is 1. The molecule has 2 rings (SSSR count). The van der Waals surface area contributed by atoms with Gasteiger partial charge in [-0.1, -0.05) is 18.2 Å². The van der Waals surface area contributed by atoms with Crippen LogP contribution in [-0.4, -0.2) is 30.2 Å². The molecule has 0 saturated carbocycles. The molecule has 0 spiro atoms. The highest BCUT2D eigenvalue weighted by molar-refractivity contribution is 7.91. The predicted molar refractivity (Wildman–Crippen MR) is 78.0 cm³/mol. The minimum atomic E-state index is -3.76. The summed E-state index contributed by atoms with van der Waals surface area (Å²) in [7, 11) is -5.90. The van der Waals surface area contributed by atoms with E-state index in [0.717, 1.165) is 6.26 Å². The summed E-state index contributed by atoms with van der Waals surface area (Å²) < 4.78 is 53.2. The van der Waals surface area contributed by atoms with Crippen LogP contribution in [-0.2, 0) is 19.7 Å². The van der Waals surface area contributed by atoms with Crippen LogP contribution in [0.15, 0.2) is 63.2 Å². The first-order valence-electron chi connectivity index (χ1n) is 5.95. The van der Waals surface area contributed by atoms with Gasteiger partial charge in [0.1, 0.15) is 10.6 Å². The van der Waals surface area contributed by atoms with Crippen molar-refractivity contribution in [1.29, 1.82) is 0 Å². The standard InChI is InChI=1S/C14H14O5S2/c1-19-13-10-12(20(2,15)16)8-9-14(13)21(17,18)11-6-4-3-5-7-11/h3-10H,1-2H3. The quantitative estimate of drug-likeness (QED) is 0.858. The Labute approximate surface area is 124 Å². The van der Waals surface area contributed by atoms with Crippen molar-refractivity contribution in [3.63, 3.8) is 0 Å². The highest BCUT2D eigenvalue weighted by Crippen LogP contribution is 2.31. The SMILES string of the molecule is COc1cc(S(C)(=O)=O)ccc1S(=O)(=O)c1ccccc1. The minimum Gasteiger partial charge on any atom is -0.495 e. The summed E-state index contributed by atoms with van der Waals surface area (Å²) in [5.41, 5.74) is 0. The number of benzene rings is 2. The van der Waals surface area contributed by atoms with Crippen molar-refractivity contribution in [1.82, 2.24) is 0 Å². The molecular weight excluding hydrogens is 312 g/mol. The van der Waals surface area contributed by atoms with E-state index in [0.29, 0.717) is 0 Å². The van der Waals surface area contributed by atoms with E-state index in [4.69, 9.17) is 4.74 Å². The van der Waals surface area contributed by atoms with E-state index in [1.165, 1.54) is 37.4 Å². The third-order valence-electron chi connectivity index (χ3n) is 2.91. The highest BCUT2D eigenvalue weighted by atomic mass is 32.2. The Bertz CT molecular complexity index is 853. The second kappa shape index (κ2) is 5.50. The second-order valence-corrected chi connectivity index (χ2v) is 8.34. The summed E-state index contributed by atoms with van der Waals surface area (Å²) in [5.74, 6) is 0.00165. The van der Waals surface area contributed by atoms with Crippen molar-refractivity contribution >= 4 is 19.7 Å². The summed E-state index contributed by atoms with van der Waals surface area (Å²) in [5, 5.41) is 0. The average molecular weight is 326 g/mol. The van der Waals surface area contributed by atoms with Crippen molar-refractivity contribution in [3.05, 3.63) is 48.5 Å². The van der Waals surface area contributed by atoms with Gasteiger partial charge in [-0.05, 0) is 24.3 Å². The van der Waals surface area contributed by atoms with E-state index in [1.54, 1.807) is 18.2 Å². The molecule has 7 heteroatoms. The molecule has 0 aliphatic heterocycles. The van der Waals surface area contributed by atoms with Gasteiger partial charge in [-0.25, -0.2) is 16.8 Å². The van der Waals surface area contributed by atoms with Gasteiger partial charge in [-0.2, -0.15) is 0 Å². The molecule has 0 bridgehead atoms. The number of hydrogen-bond acceptors (Lipinski definition) is 5. The molecule has 0 N–H and O–H groups in total. The van der Waals surface area contributed by atoms with E-state index in [-0.39, 0.29) is 20.4 Å². The van der Waals surface area contributed by atoms with Gasteiger partial charge in [0.25, 0.3) is 0 Å². The molecule has 0 amide bonds. The molecule has 2 aromatic carbocycles. The van der Waals surface area contributed by atoms with Crippen LogP contribution in [0.2, 0.25) is 0 Å². The number of methoxy groups -OCH3 is 1. The van der Waals surface area contributed by atoms with Crippen LogP contribution in [0.1, 0.15) is 0 Å². The van der Waals surface area contributed by atoms with Gasteiger partial charge >= 0.3 is 0 Å². The molecular formula is C14H14O5S2. The van der Waals surface area contributed by atoms with Crippen molar-refractivity contribution < 1.29 is 21.6 Å². The number of hydrogen-bond donors (Lipinski definition) is 0. The van der Waals surface area contributed by atoms with E-state index in [1.807, 2.05) is 0 Å². The molecule has 0 heterocycles. The molecule has 0 aromatic heterocycles. The lowest BCUT2D eigenvalue weighted by Gasteiger charge is -2.11. The van der Waals surface area contributed by atoms with Gasteiger partial charge < -0.3 is 4.74 Å². The lowest BCUT2D eigenvalue weighted by molar-refractivity contribution is 0.401. The van der Waals surface area contributed by atoms with E-state index in [9.17, 15) is 16.8 Å². The minimum absolute atomic E-state index is 0.00165. The Morgan fingerprint density at radius 2 is 1.48 bits per heavy atom. The molecule has 0 radical (unpaired) electrons. The summed E-state index contributed by atoms with van der Waals surface area (Å²) in [6.07, 6.45) is 1.05. The highest BCUT2D eigenvalue weighted by Gasteiger charge is 2.23. The summed E-state index contributed by atoms with van der Waals surface area (Å²) in [6, 6.07) is 11.6. The fourth-order valence-electron chi connectivity index (χ4n) is 1.83. The summed E-state index contributed by atoms with van der Waals surface area (Å²) in [4.78, 5) is 0.0605. The Morgan fingerprint density at radius 1 is 0.857 bits per heavy atom. The predicted octanol–water partition coefficient (Wildman–Crippen LogP) is 1.93. The molecule has 0 aliphatic carbocycles. The van der Waals surface area contributed by atoms with Crippen molar-refractivity contribution in [2.75, 3.05) is 13.4 Å². The first-order valence-corrected chi connectivity index (χ1v) is 9.32. The molecule has 0 fully saturated rings. The molecule has 0 aliphatic rings. The first kappa shape index (κ1) is 15.5. The number of sulfone groups is 2. The zero-order chi connectivity index (χ0) is 15.7. The van der Waals surface area contributed by atoms with E-state index in [2.05, 4.69) is 0 Å². The third-order valence-corrected chi connectivity index (χ3v) is 5.83. The van der Waals surface area contributed by atoms with E-state index >= 15 is 0 Å². The second-order valence-electron chi connectivity index (χ2n) is 4.40. The van der Waals surface area contributed by atoms with Crippen LogP contribution in [0.25, 0.3) is 0 Å². The smallest absolute Gasteiger partial charge is 0.210 e. The van der Waals surface area contributed by atoms with Crippen LogP contribution in [0, 0.1) is 0 Å². The molecule has 5 nitrogen and oxygen atoms in total. The lowest BCUT2D eigenvalue weighted by atomic mass is 10.3. The Hall–Kier alpha value is -1.86. The molecule has 0 atom stereocenters. The number of rotatable bonds is 4. The monoisotopic (exact) mass is 326 g/mol. The van der Waals surface area contributed by atoms with Crippen molar-refractivity contribution in [2.45, 2.75) is 14.7 Å². The third kappa shape index (κ3) is 3.08. The van der Waals surface area contributed by atoms with Gasteiger partial charge in [-0.3, -0.25) is 0 Å². The Balaban J connectivity index is 2.65. The fourth-order valence-corrected chi connectivity index (χ4v) is 3.89. The fraction of sp³-hybridized carbons (Fsp3) is 0.143. The van der Waals surface area contributed by atoms with Crippen molar-refractivity contribution in [2.24, 2.45) is 0 Å². The maximum absolute atomic E-state index is 12.5.